The first-order chi connectivity index (χ1) is 9.95. The molecule has 1 amide bonds. The maximum atomic E-state index is 13.6. The van der Waals surface area contributed by atoms with Gasteiger partial charge in [-0.15, -0.1) is 0 Å². The number of carbonyl (C=O) groups excluding carboxylic acids is 1. The maximum absolute atomic E-state index is 13.6. The van der Waals surface area contributed by atoms with Crippen LogP contribution in [0.15, 0.2) is 18.2 Å². The predicted molar refractivity (Wildman–Crippen MR) is 84.4 cm³/mol. The molecule has 1 aromatic rings. The van der Waals surface area contributed by atoms with E-state index in [4.69, 9.17) is 18.0 Å². The SMILES string of the molecule is CC(=O)NC1CCN(Cc2ccc(F)c(C(N)=S)c2)CC1. The highest BCUT2D eigenvalue weighted by Gasteiger charge is 2.20. The number of nitrogens with zero attached hydrogens (tertiary/aromatic N) is 1. The molecule has 1 heterocycles. The molecule has 0 unspecified atom stereocenters. The fourth-order valence-corrected chi connectivity index (χ4v) is 2.80. The van der Waals surface area contributed by atoms with Crippen molar-refractivity contribution in [1.82, 2.24) is 10.2 Å². The Kier molecular flexibility index (Phi) is 5.25. The summed E-state index contributed by atoms with van der Waals surface area (Å²) in [4.78, 5) is 13.4. The van der Waals surface area contributed by atoms with Gasteiger partial charge in [-0.2, -0.15) is 0 Å². The molecule has 0 saturated carbocycles. The highest BCUT2D eigenvalue weighted by molar-refractivity contribution is 7.80. The van der Waals surface area contributed by atoms with Crippen molar-refractivity contribution in [3.05, 3.63) is 35.1 Å². The van der Waals surface area contributed by atoms with Crippen LogP contribution >= 0.6 is 12.2 Å². The summed E-state index contributed by atoms with van der Waals surface area (Å²) in [6.45, 7) is 4.10. The second-order valence-electron chi connectivity index (χ2n) is 5.43. The van der Waals surface area contributed by atoms with Crippen molar-refractivity contribution in [2.45, 2.75) is 32.4 Å². The number of amides is 1. The Balaban J connectivity index is 1.93. The van der Waals surface area contributed by atoms with Crippen LogP contribution in [0, 0.1) is 5.82 Å². The van der Waals surface area contributed by atoms with Gasteiger partial charge in [-0.3, -0.25) is 9.69 Å². The summed E-state index contributed by atoms with van der Waals surface area (Å²) < 4.78 is 13.6. The largest absolute Gasteiger partial charge is 0.389 e. The number of rotatable bonds is 4. The molecule has 1 aliphatic rings. The van der Waals surface area contributed by atoms with E-state index in [0.717, 1.165) is 38.0 Å². The zero-order valence-electron chi connectivity index (χ0n) is 12.1. The monoisotopic (exact) mass is 309 g/mol. The Morgan fingerprint density at radius 1 is 1.48 bits per heavy atom. The topological polar surface area (TPSA) is 58.4 Å². The summed E-state index contributed by atoms with van der Waals surface area (Å²) in [5.41, 5.74) is 6.82. The second kappa shape index (κ2) is 6.95. The highest BCUT2D eigenvalue weighted by Crippen LogP contribution is 2.16. The first-order valence-corrected chi connectivity index (χ1v) is 7.44. The molecule has 2 rings (SSSR count). The molecule has 1 aromatic carbocycles. The van der Waals surface area contributed by atoms with Gasteiger partial charge >= 0.3 is 0 Å². The van der Waals surface area contributed by atoms with Crippen LogP contribution in [0.2, 0.25) is 0 Å². The number of benzene rings is 1. The van der Waals surface area contributed by atoms with Crippen LogP contribution in [-0.2, 0) is 11.3 Å². The lowest BCUT2D eigenvalue weighted by Crippen LogP contribution is -2.43. The molecule has 1 fully saturated rings. The minimum Gasteiger partial charge on any atom is -0.389 e. The van der Waals surface area contributed by atoms with Gasteiger partial charge in [0, 0.05) is 38.2 Å². The minimum absolute atomic E-state index is 0.0214. The predicted octanol–water partition coefficient (Wildman–Crippen LogP) is 1.56. The fourth-order valence-electron chi connectivity index (χ4n) is 2.64. The van der Waals surface area contributed by atoms with Gasteiger partial charge in [-0.25, -0.2) is 4.39 Å². The van der Waals surface area contributed by atoms with Gasteiger partial charge in [-0.1, -0.05) is 18.3 Å². The van der Waals surface area contributed by atoms with E-state index in [1.54, 1.807) is 19.1 Å². The van der Waals surface area contributed by atoms with E-state index in [1.165, 1.54) is 6.07 Å². The molecule has 0 radical (unpaired) electrons. The summed E-state index contributed by atoms with van der Waals surface area (Å²) in [7, 11) is 0. The van der Waals surface area contributed by atoms with Crippen molar-refractivity contribution in [2.24, 2.45) is 5.73 Å². The maximum Gasteiger partial charge on any atom is 0.217 e. The van der Waals surface area contributed by atoms with Crippen molar-refractivity contribution in [3.63, 3.8) is 0 Å². The lowest BCUT2D eigenvalue weighted by atomic mass is 10.0. The number of thiocarbonyl (C=S) groups is 1. The van der Waals surface area contributed by atoms with E-state index in [1.807, 2.05) is 0 Å². The number of likely N-dealkylation sites (tertiary alicyclic amines) is 1. The van der Waals surface area contributed by atoms with E-state index in [0.29, 0.717) is 5.56 Å². The van der Waals surface area contributed by atoms with Crippen LogP contribution in [0.5, 0.6) is 0 Å². The molecule has 114 valence electrons. The molecule has 1 aliphatic heterocycles. The van der Waals surface area contributed by atoms with Gasteiger partial charge in [0.1, 0.15) is 10.8 Å². The van der Waals surface area contributed by atoms with E-state index < -0.39 is 0 Å². The Labute approximate surface area is 129 Å². The Hall–Kier alpha value is -1.53. The Bertz CT molecular complexity index is 542. The summed E-state index contributed by atoms with van der Waals surface area (Å²) in [6.07, 6.45) is 1.87. The standard InChI is InChI=1S/C15H20FN3OS/c1-10(20)18-12-4-6-19(7-5-12)9-11-2-3-14(16)13(8-11)15(17)21/h2-3,8,12H,4-7,9H2,1H3,(H2,17,21)(H,18,20). The Morgan fingerprint density at radius 3 is 2.71 bits per heavy atom. The summed E-state index contributed by atoms with van der Waals surface area (Å²) in [5, 5.41) is 2.95. The van der Waals surface area contributed by atoms with Gasteiger partial charge in [0.2, 0.25) is 5.91 Å². The van der Waals surface area contributed by atoms with Gasteiger partial charge in [0.15, 0.2) is 0 Å². The van der Waals surface area contributed by atoms with Crippen LogP contribution in [0.4, 0.5) is 4.39 Å². The lowest BCUT2D eigenvalue weighted by molar-refractivity contribution is -0.119. The molecule has 0 aliphatic carbocycles. The molecule has 3 N–H and O–H groups in total. The average Bonchev–Trinajstić information content (AvgIpc) is 2.42. The van der Waals surface area contributed by atoms with Crippen LogP contribution in [0.3, 0.4) is 0 Å². The molecule has 4 nitrogen and oxygen atoms in total. The van der Waals surface area contributed by atoms with Crippen LogP contribution in [0.25, 0.3) is 0 Å². The van der Waals surface area contributed by atoms with Crippen molar-refractivity contribution in [3.8, 4) is 0 Å². The van der Waals surface area contributed by atoms with Crippen molar-refractivity contribution >= 4 is 23.1 Å². The lowest BCUT2D eigenvalue weighted by Gasteiger charge is -2.32. The third-order valence-corrected chi connectivity index (χ3v) is 3.92. The molecular formula is C15H20FN3OS. The number of nitrogens with one attached hydrogen (secondary N) is 1. The summed E-state index contributed by atoms with van der Waals surface area (Å²) >= 11 is 4.85. The third kappa shape index (κ3) is 4.47. The molecule has 0 aromatic heterocycles. The fraction of sp³-hybridized carbons (Fsp3) is 0.467. The quantitative estimate of drug-likeness (QED) is 0.829. The van der Waals surface area contributed by atoms with Gasteiger partial charge in [-0.05, 0) is 30.5 Å². The number of nitrogens with two attached hydrogens (primary N) is 1. The number of halogens is 1. The summed E-state index contributed by atoms with van der Waals surface area (Å²) in [6, 6.07) is 5.15. The zero-order valence-corrected chi connectivity index (χ0v) is 12.9. The molecule has 0 bridgehead atoms. The Morgan fingerprint density at radius 2 is 2.14 bits per heavy atom. The van der Waals surface area contributed by atoms with Crippen LogP contribution in [0.1, 0.15) is 30.9 Å². The highest BCUT2D eigenvalue weighted by atomic mass is 32.1. The van der Waals surface area contributed by atoms with E-state index in [2.05, 4.69) is 10.2 Å². The first-order valence-electron chi connectivity index (χ1n) is 7.03. The van der Waals surface area contributed by atoms with E-state index in [-0.39, 0.29) is 22.8 Å². The molecule has 0 atom stereocenters. The number of piperidine rings is 1. The van der Waals surface area contributed by atoms with Gasteiger partial charge in [0.05, 0.1) is 0 Å². The van der Waals surface area contributed by atoms with Gasteiger partial charge < -0.3 is 11.1 Å². The van der Waals surface area contributed by atoms with E-state index in [9.17, 15) is 9.18 Å². The number of carbonyl (C=O) groups is 1. The van der Waals surface area contributed by atoms with Gasteiger partial charge in [0.25, 0.3) is 0 Å². The first kappa shape index (κ1) is 15.9. The zero-order chi connectivity index (χ0) is 15.4. The number of hydrogen-bond acceptors (Lipinski definition) is 3. The minimum atomic E-state index is -0.379. The molecule has 1 saturated heterocycles. The molecular weight excluding hydrogens is 289 g/mol. The van der Waals surface area contributed by atoms with Crippen molar-refractivity contribution in [1.29, 1.82) is 0 Å². The van der Waals surface area contributed by atoms with Crippen molar-refractivity contribution in [2.75, 3.05) is 13.1 Å². The normalized spacial score (nSPS) is 16.7. The van der Waals surface area contributed by atoms with Crippen molar-refractivity contribution < 1.29 is 9.18 Å². The number of hydrogen-bond donors (Lipinski definition) is 2. The molecule has 6 heteroatoms. The smallest absolute Gasteiger partial charge is 0.217 e. The average molecular weight is 309 g/mol. The van der Waals surface area contributed by atoms with E-state index >= 15 is 0 Å². The molecule has 21 heavy (non-hydrogen) atoms. The molecule has 0 spiro atoms. The summed E-state index contributed by atoms with van der Waals surface area (Å²) in [5.74, 6) is -0.358. The van der Waals surface area contributed by atoms with Crippen LogP contribution < -0.4 is 11.1 Å². The third-order valence-electron chi connectivity index (χ3n) is 3.70. The second-order valence-corrected chi connectivity index (χ2v) is 5.87. The van der Waals surface area contributed by atoms with Crippen LogP contribution in [-0.4, -0.2) is 34.9 Å².